The average molecular weight is 257 g/mol. The molecular weight excluding hydrogens is 220 g/mol. The van der Waals surface area contributed by atoms with Crippen molar-refractivity contribution in [3.8, 4) is 0 Å². The molecule has 0 aromatic heterocycles. The molecule has 0 N–H and O–H groups in total. The third kappa shape index (κ3) is 6.75. The topological polar surface area (TPSA) is 3.24 Å². The predicted molar refractivity (Wildman–Crippen MR) is 83.0 cm³/mol. The average Bonchev–Trinajstić information content (AvgIpc) is 2.43. The van der Waals surface area contributed by atoms with E-state index in [-0.39, 0.29) is 0 Å². The number of unbranched alkanes of at least 4 members (excludes halogenated alkanes) is 3. The van der Waals surface area contributed by atoms with Crippen molar-refractivity contribution < 1.29 is 4.48 Å². The zero-order valence-electron chi connectivity index (χ0n) is 13.7. The van der Waals surface area contributed by atoms with E-state index in [4.69, 9.17) is 0 Å². The molecule has 0 aliphatic carbocycles. The summed E-state index contributed by atoms with van der Waals surface area (Å²) in [6, 6.07) is 0. The highest BCUT2D eigenvalue weighted by Crippen LogP contribution is 2.10. The number of hydrogen-bond donors (Lipinski definition) is 0. The van der Waals surface area contributed by atoms with Gasteiger partial charge in [-0.3, -0.25) is 0 Å². The fraction of sp³-hybridized carbons (Fsp3) is 1.00. The van der Waals surface area contributed by atoms with Crippen molar-refractivity contribution in [2.45, 2.75) is 60.3 Å². The van der Waals surface area contributed by atoms with E-state index in [1.165, 1.54) is 76.0 Å². The van der Waals surface area contributed by atoms with E-state index in [0.29, 0.717) is 0 Å². The van der Waals surface area contributed by atoms with Crippen molar-refractivity contribution in [3.05, 3.63) is 0 Å². The summed E-state index contributed by atoms with van der Waals surface area (Å²) >= 11 is 0. The lowest BCUT2D eigenvalue weighted by Gasteiger charge is -2.35. The monoisotopic (exact) mass is 257 g/mol. The van der Waals surface area contributed by atoms with Gasteiger partial charge in [0.15, 0.2) is 0 Å². The molecule has 0 aromatic rings. The molecule has 0 bridgehead atoms. The number of nitrogens with zero attached hydrogens (tertiary/aromatic N) is 2. The zero-order valence-corrected chi connectivity index (χ0v) is 13.7. The van der Waals surface area contributed by atoms with Gasteiger partial charge in [0.05, 0.1) is 26.2 Å². The van der Waals surface area contributed by atoms with Crippen molar-refractivity contribution in [3.63, 3.8) is 0 Å². The van der Waals surface area contributed by atoms with Gasteiger partial charge in [0.25, 0.3) is 0 Å². The Morgan fingerprint density at radius 3 is 1.61 bits per heavy atom. The Labute approximate surface area is 116 Å². The smallest absolute Gasteiger partial charge is 0.0786 e. The Morgan fingerprint density at radius 2 is 1.17 bits per heavy atom. The van der Waals surface area contributed by atoms with Crippen LogP contribution < -0.4 is 0 Å². The predicted octanol–water partition coefficient (Wildman–Crippen LogP) is 3.77. The Bertz CT molecular complexity index is 164. The van der Waals surface area contributed by atoms with E-state index in [2.05, 4.69) is 39.5 Å². The van der Waals surface area contributed by atoms with Crippen molar-refractivity contribution in [1.29, 1.82) is 0 Å². The fourth-order valence-corrected chi connectivity index (χ4v) is 2.82. The number of hydrogen-bond acceptors (Lipinski definition) is 1. The van der Waals surface area contributed by atoms with Gasteiger partial charge in [-0.05, 0) is 59.7 Å². The van der Waals surface area contributed by atoms with Gasteiger partial charge in [0, 0.05) is 0 Å². The summed E-state index contributed by atoms with van der Waals surface area (Å²) in [6.45, 7) is 20.5. The van der Waals surface area contributed by atoms with Crippen LogP contribution in [0.2, 0.25) is 0 Å². The van der Waals surface area contributed by atoms with E-state index in [9.17, 15) is 0 Å². The van der Waals surface area contributed by atoms with Gasteiger partial charge in [0.1, 0.15) is 0 Å². The standard InChI is InChI=1S/C16H37N2/c1-6-17(7-2)15-13-11-12-14-16-18(8-3,9-4)10-5/h6-16H2,1-5H3/q+1. The van der Waals surface area contributed by atoms with E-state index in [1.807, 2.05) is 0 Å². The summed E-state index contributed by atoms with van der Waals surface area (Å²) in [5, 5.41) is 0. The molecule has 0 aliphatic heterocycles. The third-order valence-corrected chi connectivity index (χ3v) is 4.76. The second-order valence-corrected chi connectivity index (χ2v) is 5.46. The van der Waals surface area contributed by atoms with Crippen LogP contribution in [-0.4, -0.2) is 55.2 Å². The molecule has 0 aliphatic rings. The molecule has 0 atom stereocenters. The van der Waals surface area contributed by atoms with Crippen molar-refractivity contribution in [1.82, 2.24) is 4.90 Å². The minimum Gasteiger partial charge on any atom is -0.324 e. The zero-order chi connectivity index (χ0) is 13.9. The largest absolute Gasteiger partial charge is 0.324 e. The maximum atomic E-state index is 2.53. The highest BCUT2D eigenvalue weighted by molar-refractivity contribution is 4.53. The van der Waals surface area contributed by atoms with E-state index >= 15 is 0 Å². The first kappa shape index (κ1) is 17.9. The summed E-state index contributed by atoms with van der Waals surface area (Å²) in [5.74, 6) is 0. The van der Waals surface area contributed by atoms with Gasteiger partial charge in [-0.15, -0.1) is 0 Å². The molecule has 0 unspecified atom stereocenters. The number of rotatable bonds is 12. The maximum Gasteiger partial charge on any atom is 0.0786 e. The summed E-state index contributed by atoms with van der Waals surface area (Å²) in [6.07, 6.45) is 5.62. The highest BCUT2D eigenvalue weighted by Gasteiger charge is 2.19. The quantitative estimate of drug-likeness (QED) is 0.380. The van der Waals surface area contributed by atoms with Crippen LogP contribution in [0, 0.1) is 0 Å². The fourth-order valence-electron chi connectivity index (χ4n) is 2.82. The molecule has 2 heteroatoms. The highest BCUT2D eigenvalue weighted by atomic mass is 15.3. The summed E-state index contributed by atoms with van der Waals surface area (Å²) in [5.41, 5.74) is 0. The van der Waals surface area contributed by atoms with Crippen LogP contribution in [0.25, 0.3) is 0 Å². The Morgan fingerprint density at radius 1 is 0.667 bits per heavy atom. The van der Waals surface area contributed by atoms with E-state index in [0.717, 1.165) is 0 Å². The molecule has 0 rings (SSSR count). The lowest BCUT2D eigenvalue weighted by molar-refractivity contribution is -0.923. The van der Waals surface area contributed by atoms with Crippen LogP contribution in [0.5, 0.6) is 0 Å². The summed E-state index contributed by atoms with van der Waals surface area (Å²) < 4.78 is 1.32. The maximum absolute atomic E-state index is 2.53. The van der Waals surface area contributed by atoms with E-state index in [1.54, 1.807) is 0 Å². The molecule has 0 saturated carbocycles. The van der Waals surface area contributed by atoms with Crippen molar-refractivity contribution in [2.24, 2.45) is 0 Å². The van der Waals surface area contributed by atoms with Crippen molar-refractivity contribution >= 4 is 0 Å². The molecule has 110 valence electrons. The lowest BCUT2D eigenvalue weighted by atomic mass is 10.1. The minimum atomic E-state index is 1.21. The molecule has 2 nitrogen and oxygen atoms in total. The van der Waals surface area contributed by atoms with Crippen LogP contribution in [-0.2, 0) is 0 Å². The molecule has 18 heavy (non-hydrogen) atoms. The van der Waals surface area contributed by atoms with Gasteiger partial charge >= 0.3 is 0 Å². The van der Waals surface area contributed by atoms with Crippen LogP contribution >= 0.6 is 0 Å². The summed E-state index contributed by atoms with van der Waals surface area (Å²) in [4.78, 5) is 2.53. The van der Waals surface area contributed by atoms with Gasteiger partial charge in [-0.1, -0.05) is 20.3 Å². The van der Waals surface area contributed by atoms with Gasteiger partial charge < -0.3 is 9.38 Å². The molecular formula is C16H37N2+. The van der Waals surface area contributed by atoms with Gasteiger partial charge in [-0.2, -0.15) is 0 Å². The van der Waals surface area contributed by atoms with Crippen LogP contribution in [0.15, 0.2) is 0 Å². The molecule has 0 saturated heterocycles. The first-order valence-electron chi connectivity index (χ1n) is 8.25. The Hall–Kier alpha value is -0.0800. The molecule has 0 heterocycles. The molecule has 0 amide bonds. The van der Waals surface area contributed by atoms with Crippen LogP contribution in [0.4, 0.5) is 0 Å². The molecule has 0 spiro atoms. The Balaban J connectivity index is 3.61. The molecule has 0 fully saturated rings. The lowest BCUT2D eigenvalue weighted by Crippen LogP contribution is -2.48. The molecule has 0 radical (unpaired) electrons. The first-order valence-corrected chi connectivity index (χ1v) is 8.25. The number of quaternary nitrogens is 1. The first-order chi connectivity index (χ1) is 8.67. The second-order valence-electron chi connectivity index (χ2n) is 5.46. The Kier molecular flexibility index (Phi) is 10.8. The third-order valence-electron chi connectivity index (χ3n) is 4.76. The van der Waals surface area contributed by atoms with Crippen LogP contribution in [0.3, 0.4) is 0 Å². The van der Waals surface area contributed by atoms with Gasteiger partial charge in [0.2, 0.25) is 0 Å². The SMILES string of the molecule is CCN(CC)CCCCCC[N+](CC)(CC)CC. The second kappa shape index (κ2) is 10.8. The molecule has 0 aromatic carbocycles. The normalized spacial score (nSPS) is 12.3. The minimum absolute atomic E-state index is 1.21. The summed E-state index contributed by atoms with van der Waals surface area (Å²) in [7, 11) is 0. The van der Waals surface area contributed by atoms with Crippen LogP contribution in [0.1, 0.15) is 60.3 Å². The van der Waals surface area contributed by atoms with E-state index < -0.39 is 0 Å². The van der Waals surface area contributed by atoms with Gasteiger partial charge in [-0.25, -0.2) is 0 Å². The van der Waals surface area contributed by atoms with Crippen molar-refractivity contribution in [2.75, 3.05) is 45.8 Å².